The van der Waals surface area contributed by atoms with Crippen molar-refractivity contribution < 1.29 is 0 Å². The van der Waals surface area contributed by atoms with Gasteiger partial charge in [-0.3, -0.25) is 4.98 Å². The highest BCUT2D eigenvalue weighted by atomic mass is 79.9. The number of halogens is 1. The molecule has 1 saturated carbocycles. The van der Waals surface area contributed by atoms with Gasteiger partial charge in [0.15, 0.2) is 0 Å². The van der Waals surface area contributed by atoms with E-state index in [1.807, 2.05) is 24.4 Å². The molecule has 0 radical (unpaired) electrons. The minimum atomic E-state index is 0.581. The molecule has 3 nitrogen and oxygen atoms in total. The Kier molecular flexibility index (Phi) is 2.90. The Hall–Kier alpha value is -1.29. The van der Waals surface area contributed by atoms with Gasteiger partial charge in [0.25, 0.3) is 0 Å². The fourth-order valence-corrected chi connectivity index (χ4v) is 2.90. The molecule has 1 aliphatic rings. The molecule has 1 aromatic heterocycles. The smallest absolute Gasteiger partial charge is 0.0954 e. The van der Waals surface area contributed by atoms with E-state index in [2.05, 4.69) is 33.2 Å². The van der Waals surface area contributed by atoms with E-state index in [1.165, 1.54) is 12.8 Å². The highest BCUT2D eigenvalue weighted by Crippen LogP contribution is 2.33. The number of aromatic nitrogens is 1. The summed E-state index contributed by atoms with van der Waals surface area (Å²) in [6, 6.07) is 6.58. The van der Waals surface area contributed by atoms with Crippen molar-refractivity contribution in [2.75, 3.05) is 11.1 Å². The molecule has 2 aromatic rings. The van der Waals surface area contributed by atoms with E-state index >= 15 is 0 Å². The third-order valence-electron chi connectivity index (χ3n) is 3.58. The Bertz CT molecular complexity index is 591. The summed E-state index contributed by atoms with van der Waals surface area (Å²) in [6.45, 7) is 2.29. The van der Waals surface area contributed by atoms with Crippen molar-refractivity contribution in [3.05, 3.63) is 28.9 Å². The lowest BCUT2D eigenvalue weighted by Gasteiger charge is -2.34. The van der Waals surface area contributed by atoms with Crippen LogP contribution in [0, 0.1) is 5.92 Å². The van der Waals surface area contributed by atoms with Crippen LogP contribution in [0.1, 0.15) is 19.8 Å². The monoisotopic (exact) mass is 305 g/mol. The summed E-state index contributed by atoms with van der Waals surface area (Å²) >= 11 is 3.44. The summed E-state index contributed by atoms with van der Waals surface area (Å²) in [6.07, 6.45) is 4.29. The standard InChI is InChI=1S/C14H16BrN3/c1-8-4-10(5-8)18-13-3-2-12(16)11-6-9(15)7-17-14(11)13/h2-3,6-8,10,18H,4-5,16H2,1H3. The van der Waals surface area contributed by atoms with Crippen LogP contribution in [0.2, 0.25) is 0 Å². The van der Waals surface area contributed by atoms with Gasteiger partial charge < -0.3 is 11.1 Å². The highest BCUT2D eigenvalue weighted by Gasteiger charge is 2.25. The van der Waals surface area contributed by atoms with Crippen molar-refractivity contribution >= 4 is 38.2 Å². The molecule has 0 atom stereocenters. The number of hydrogen-bond donors (Lipinski definition) is 2. The number of nitrogens with one attached hydrogen (secondary N) is 1. The molecule has 3 rings (SSSR count). The lowest BCUT2D eigenvalue weighted by Crippen LogP contribution is -2.33. The van der Waals surface area contributed by atoms with Gasteiger partial charge in [0.1, 0.15) is 0 Å². The predicted octanol–water partition coefficient (Wildman–Crippen LogP) is 3.79. The summed E-state index contributed by atoms with van der Waals surface area (Å²) in [5.41, 5.74) is 8.82. The number of hydrogen-bond acceptors (Lipinski definition) is 3. The molecule has 1 aliphatic carbocycles. The fraction of sp³-hybridized carbons (Fsp3) is 0.357. The average Bonchev–Trinajstić information content (AvgIpc) is 2.31. The van der Waals surface area contributed by atoms with E-state index in [-0.39, 0.29) is 0 Å². The van der Waals surface area contributed by atoms with Crippen LogP contribution < -0.4 is 11.1 Å². The largest absolute Gasteiger partial charge is 0.398 e. The Morgan fingerprint density at radius 1 is 1.39 bits per heavy atom. The van der Waals surface area contributed by atoms with Crippen LogP contribution in [-0.4, -0.2) is 11.0 Å². The van der Waals surface area contributed by atoms with Crippen LogP contribution in [0.4, 0.5) is 11.4 Å². The Morgan fingerprint density at radius 2 is 2.17 bits per heavy atom. The van der Waals surface area contributed by atoms with Gasteiger partial charge in [-0.25, -0.2) is 0 Å². The van der Waals surface area contributed by atoms with Crippen molar-refractivity contribution in [2.24, 2.45) is 5.92 Å². The van der Waals surface area contributed by atoms with Gasteiger partial charge in [-0.1, -0.05) is 6.92 Å². The average molecular weight is 306 g/mol. The van der Waals surface area contributed by atoms with Gasteiger partial charge in [-0.05, 0) is 52.9 Å². The number of rotatable bonds is 2. The molecule has 1 aromatic carbocycles. The van der Waals surface area contributed by atoms with Gasteiger partial charge in [0.05, 0.1) is 11.2 Å². The number of nitrogens with two attached hydrogens (primary N) is 1. The summed E-state index contributed by atoms with van der Waals surface area (Å²) in [5.74, 6) is 0.838. The molecule has 0 amide bonds. The van der Waals surface area contributed by atoms with Crippen molar-refractivity contribution in [2.45, 2.75) is 25.8 Å². The van der Waals surface area contributed by atoms with Crippen molar-refractivity contribution in [3.8, 4) is 0 Å². The summed E-state index contributed by atoms with van der Waals surface area (Å²) in [5, 5.41) is 4.57. The van der Waals surface area contributed by atoms with Crippen molar-refractivity contribution in [1.29, 1.82) is 0 Å². The predicted molar refractivity (Wildman–Crippen MR) is 79.7 cm³/mol. The number of pyridine rings is 1. The Labute approximate surface area is 115 Å². The SMILES string of the molecule is CC1CC(Nc2ccc(N)c3cc(Br)cnc23)C1. The van der Waals surface area contributed by atoms with Gasteiger partial charge in [0, 0.05) is 27.8 Å². The van der Waals surface area contributed by atoms with E-state index in [1.54, 1.807) is 0 Å². The third-order valence-corrected chi connectivity index (χ3v) is 4.02. The maximum absolute atomic E-state index is 6.00. The number of nitrogen functional groups attached to an aromatic ring is 1. The zero-order valence-corrected chi connectivity index (χ0v) is 11.9. The third kappa shape index (κ3) is 2.05. The summed E-state index contributed by atoms with van der Waals surface area (Å²) in [7, 11) is 0. The van der Waals surface area contributed by atoms with Crippen LogP contribution in [0.3, 0.4) is 0 Å². The molecule has 0 saturated heterocycles. The second-order valence-corrected chi connectivity index (χ2v) is 6.09. The lowest BCUT2D eigenvalue weighted by molar-refractivity contribution is 0.309. The normalized spacial score (nSPS) is 22.8. The minimum Gasteiger partial charge on any atom is -0.398 e. The van der Waals surface area contributed by atoms with Gasteiger partial charge in [-0.2, -0.15) is 0 Å². The molecule has 94 valence electrons. The first-order chi connectivity index (χ1) is 8.63. The molecule has 0 spiro atoms. The zero-order valence-electron chi connectivity index (χ0n) is 10.3. The van der Waals surface area contributed by atoms with Gasteiger partial charge in [0.2, 0.25) is 0 Å². The maximum Gasteiger partial charge on any atom is 0.0954 e. The van der Waals surface area contributed by atoms with Crippen LogP contribution >= 0.6 is 15.9 Å². The lowest BCUT2D eigenvalue weighted by atomic mass is 9.82. The Balaban J connectivity index is 1.99. The molecule has 0 bridgehead atoms. The van der Waals surface area contributed by atoms with Gasteiger partial charge >= 0.3 is 0 Å². The van der Waals surface area contributed by atoms with Crippen molar-refractivity contribution in [3.63, 3.8) is 0 Å². The molecule has 1 fully saturated rings. The first-order valence-electron chi connectivity index (χ1n) is 6.24. The number of benzene rings is 1. The molecule has 1 heterocycles. The topological polar surface area (TPSA) is 50.9 Å². The fourth-order valence-electron chi connectivity index (χ4n) is 2.57. The molecule has 18 heavy (non-hydrogen) atoms. The van der Waals surface area contributed by atoms with E-state index in [4.69, 9.17) is 5.73 Å². The van der Waals surface area contributed by atoms with E-state index in [0.717, 1.165) is 32.7 Å². The van der Waals surface area contributed by atoms with E-state index in [0.29, 0.717) is 6.04 Å². The zero-order chi connectivity index (χ0) is 12.7. The Morgan fingerprint density at radius 3 is 2.89 bits per heavy atom. The van der Waals surface area contributed by atoms with E-state index in [9.17, 15) is 0 Å². The molecule has 3 N–H and O–H groups in total. The number of nitrogens with zero attached hydrogens (tertiary/aromatic N) is 1. The number of anilines is 2. The van der Waals surface area contributed by atoms with Crippen LogP contribution in [-0.2, 0) is 0 Å². The second kappa shape index (κ2) is 4.43. The first kappa shape index (κ1) is 11.8. The molecular weight excluding hydrogens is 290 g/mol. The molecule has 4 heteroatoms. The number of fused-ring (bicyclic) bond motifs is 1. The molecule has 0 aliphatic heterocycles. The first-order valence-corrected chi connectivity index (χ1v) is 7.03. The quantitative estimate of drug-likeness (QED) is 0.830. The summed E-state index contributed by atoms with van der Waals surface area (Å²) < 4.78 is 0.955. The van der Waals surface area contributed by atoms with Crippen LogP contribution in [0.5, 0.6) is 0 Å². The van der Waals surface area contributed by atoms with Crippen LogP contribution in [0.25, 0.3) is 10.9 Å². The molecule has 0 unspecified atom stereocenters. The van der Waals surface area contributed by atoms with Gasteiger partial charge in [-0.15, -0.1) is 0 Å². The summed E-state index contributed by atoms with van der Waals surface area (Å²) in [4.78, 5) is 4.48. The van der Waals surface area contributed by atoms with Crippen molar-refractivity contribution in [1.82, 2.24) is 4.98 Å². The molecular formula is C14H16BrN3. The maximum atomic E-state index is 6.00. The van der Waals surface area contributed by atoms with E-state index < -0.39 is 0 Å². The minimum absolute atomic E-state index is 0.581. The van der Waals surface area contributed by atoms with Crippen LogP contribution in [0.15, 0.2) is 28.9 Å². The highest BCUT2D eigenvalue weighted by molar-refractivity contribution is 9.10. The second-order valence-electron chi connectivity index (χ2n) is 5.17.